The molecule has 96 valence electrons. The highest BCUT2D eigenvalue weighted by atomic mass is 16.1. The second-order valence-corrected chi connectivity index (χ2v) is 4.58. The predicted molar refractivity (Wildman–Crippen MR) is 80.0 cm³/mol. The van der Waals surface area contributed by atoms with Crippen LogP contribution in [0.25, 0.3) is 6.08 Å². The van der Waals surface area contributed by atoms with Crippen LogP contribution in [0.5, 0.6) is 0 Å². The molecule has 0 N–H and O–H groups in total. The predicted octanol–water partition coefficient (Wildman–Crippen LogP) is 4.07. The number of hydrogen-bond acceptors (Lipinski definition) is 1. The monoisotopic (exact) mass is 250 g/mol. The molecule has 0 aromatic heterocycles. The van der Waals surface area contributed by atoms with E-state index in [1.165, 1.54) is 0 Å². The minimum absolute atomic E-state index is 0.253. The second-order valence-electron chi connectivity index (χ2n) is 4.58. The zero-order chi connectivity index (χ0) is 13.5. The van der Waals surface area contributed by atoms with Crippen molar-refractivity contribution in [1.29, 1.82) is 0 Å². The smallest absolute Gasteiger partial charge is 0.141 e. The molecule has 0 saturated heterocycles. The van der Waals surface area contributed by atoms with Gasteiger partial charge in [-0.2, -0.15) is 0 Å². The van der Waals surface area contributed by atoms with E-state index in [-0.39, 0.29) is 5.78 Å². The molecule has 0 atom stereocenters. The molecule has 0 aliphatic rings. The number of carbonyl (C=O) groups excluding carboxylic acids is 1. The Labute approximate surface area is 114 Å². The third-order valence-corrected chi connectivity index (χ3v) is 3.03. The van der Waals surface area contributed by atoms with E-state index < -0.39 is 0 Å². The summed E-state index contributed by atoms with van der Waals surface area (Å²) >= 11 is 0. The van der Waals surface area contributed by atoms with E-state index in [1.807, 2.05) is 73.7 Å². The third-order valence-electron chi connectivity index (χ3n) is 3.03. The minimum Gasteiger partial charge on any atom is -0.299 e. The van der Waals surface area contributed by atoms with Gasteiger partial charge in [-0.3, -0.25) is 4.79 Å². The van der Waals surface area contributed by atoms with Crippen LogP contribution >= 0.6 is 0 Å². The largest absolute Gasteiger partial charge is 0.299 e. The number of Topliss-reactive ketones (excluding diaryl/α,β-unsaturated/α-hetero) is 1. The maximum atomic E-state index is 12.1. The highest BCUT2D eigenvalue weighted by Gasteiger charge is 2.07. The van der Waals surface area contributed by atoms with Crippen molar-refractivity contribution in [3.05, 3.63) is 77.4 Å². The van der Waals surface area contributed by atoms with Crippen molar-refractivity contribution in [1.82, 2.24) is 0 Å². The molecule has 1 nitrogen and oxygen atoms in total. The molecule has 2 aromatic carbocycles. The Morgan fingerprint density at radius 2 is 1.63 bits per heavy atom. The summed E-state index contributed by atoms with van der Waals surface area (Å²) in [6, 6.07) is 18.0. The SMILES string of the molecule is C/C=C/c1ccccc1CC(=O)Cc1ccccc1. The van der Waals surface area contributed by atoms with E-state index in [0.29, 0.717) is 12.8 Å². The van der Waals surface area contributed by atoms with Crippen molar-refractivity contribution in [3.8, 4) is 0 Å². The summed E-state index contributed by atoms with van der Waals surface area (Å²) in [5.74, 6) is 0.253. The minimum atomic E-state index is 0.253. The number of carbonyl (C=O) groups is 1. The van der Waals surface area contributed by atoms with Crippen LogP contribution in [-0.2, 0) is 17.6 Å². The number of hydrogen-bond donors (Lipinski definition) is 0. The lowest BCUT2D eigenvalue weighted by atomic mass is 9.98. The van der Waals surface area contributed by atoms with Crippen LogP contribution < -0.4 is 0 Å². The quantitative estimate of drug-likeness (QED) is 0.781. The van der Waals surface area contributed by atoms with Gasteiger partial charge >= 0.3 is 0 Å². The molecular weight excluding hydrogens is 232 g/mol. The summed E-state index contributed by atoms with van der Waals surface area (Å²) in [6.45, 7) is 1.99. The van der Waals surface area contributed by atoms with Crippen LogP contribution in [0.4, 0.5) is 0 Å². The van der Waals surface area contributed by atoms with Crippen molar-refractivity contribution in [2.75, 3.05) is 0 Å². The maximum absolute atomic E-state index is 12.1. The molecule has 2 aromatic rings. The number of ketones is 1. The molecule has 0 bridgehead atoms. The molecule has 0 heterocycles. The Morgan fingerprint density at radius 3 is 2.37 bits per heavy atom. The molecule has 0 unspecified atom stereocenters. The molecule has 0 spiro atoms. The zero-order valence-electron chi connectivity index (χ0n) is 11.2. The molecule has 2 rings (SSSR count). The van der Waals surface area contributed by atoms with Gasteiger partial charge in [0.05, 0.1) is 0 Å². The fourth-order valence-corrected chi connectivity index (χ4v) is 2.14. The lowest BCUT2D eigenvalue weighted by molar-refractivity contribution is -0.117. The maximum Gasteiger partial charge on any atom is 0.141 e. The van der Waals surface area contributed by atoms with Gasteiger partial charge in [0.2, 0.25) is 0 Å². The first-order valence-corrected chi connectivity index (χ1v) is 6.56. The Kier molecular flexibility index (Phi) is 4.68. The van der Waals surface area contributed by atoms with Gasteiger partial charge in [-0.1, -0.05) is 66.7 Å². The van der Waals surface area contributed by atoms with E-state index in [4.69, 9.17) is 0 Å². The van der Waals surface area contributed by atoms with E-state index in [0.717, 1.165) is 16.7 Å². The van der Waals surface area contributed by atoms with Gasteiger partial charge in [-0.25, -0.2) is 0 Å². The van der Waals surface area contributed by atoms with Gasteiger partial charge in [0, 0.05) is 12.8 Å². The lowest BCUT2D eigenvalue weighted by Crippen LogP contribution is -2.07. The first-order chi connectivity index (χ1) is 9.29. The van der Waals surface area contributed by atoms with E-state index in [2.05, 4.69) is 0 Å². The van der Waals surface area contributed by atoms with Gasteiger partial charge < -0.3 is 0 Å². The summed E-state index contributed by atoms with van der Waals surface area (Å²) in [5.41, 5.74) is 3.31. The fourth-order valence-electron chi connectivity index (χ4n) is 2.14. The van der Waals surface area contributed by atoms with Gasteiger partial charge in [0.1, 0.15) is 5.78 Å². The van der Waals surface area contributed by atoms with Gasteiger partial charge in [0.25, 0.3) is 0 Å². The number of benzene rings is 2. The van der Waals surface area contributed by atoms with E-state index in [1.54, 1.807) is 0 Å². The Hall–Kier alpha value is -2.15. The highest BCUT2D eigenvalue weighted by molar-refractivity contribution is 5.84. The standard InChI is InChI=1S/C18H18O/c1-2-8-16-11-6-7-12-17(16)14-18(19)13-15-9-4-3-5-10-15/h2-12H,13-14H2,1H3/b8-2+. The van der Waals surface area contributed by atoms with E-state index in [9.17, 15) is 4.79 Å². The van der Waals surface area contributed by atoms with Crippen LogP contribution in [0.1, 0.15) is 23.6 Å². The molecule has 0 amide bonds. The van der Waals surface area contributed by atoms with Crippen LogP contribution in [0.3, 0.4) is 0 Å². The lowest BCUT2D eigenvalue weighted by Gasteiger charge is -2.05. The molecule has 1 heteroatoms. The average Bonchev–Trinajstić information content (AvgIpc) is 2.42. The third kappa shape index (κ3) is 3.92. The summed E-state index contributed by atoms with van der Waals surface area (Å²) in [6.07, 6.45) is 5.05. The highest BCUT2D eigenvalue weighted by Crippen LogP contribution is 2.13. The van der Waals surface area contributed by atoms with Gasteiger partial charge in [0.15, 0.2) is 0 Å². The molecule has 0 radical (unpaired) electrons. The van der Waals surface area contributed by atoms with Crippen molar-refractivity contribution < 1.29 is 4.79 Å². The average molecular weight is 250 g/mol. The Morgan fingerprint density at radius 1 is 0.947 bits per heavy atom. The van der Waals surface area contributed by atoms with Crippen molar-refractivity contribution in [2.24, 2.45) is 0 Å². The second kappa shape index (κ2) is 6.69. The van der Waals surface area contributed by atoms with Gasteiger partial charge in [-0.05, 0) is 23.6 Å². The van der Waals surface area contributed by atoms with Crippen LogP contribution in [0.15, 0.2) is 60.7 Å². The number of allylic oxidation sites excluding steroid dienone is 1. The van der Waals surface area contributed by atoms with Crippen molar-refractivity contribution in [2.45, 2.75) is 19.8 Å². The first kappa shape index (κ1) is 13.3. The van der Waals surface area contributed by atoms with Crippen LogP contribution in [-0.4, -0.2) is 5.78 Å². The molecular formula is C18H18O. The van der Waals surface area contributed by atoms with Crippen LogP contribution in [0, 0.1) is 0 Å². The summed E-state index contributed by atoms with van der Waals surface area (Å²) < 4.78 is 0. The van der Waals surface area contributed by atoms with E-state index >= 15 is 0 Å². The van der Waals surface area contributed by atoms with Crippen molar-refractivity contribution in [3.63, 3.8) is 0 Å². The Bertz CT molecular complexity index is 567. The molecule has 0 fully saturated rings. The molecule has 0 aliphatic carbocycles. The molecule has 0 saturated carbocycles. The zero-order valence-corrected chi connectivity index (χ0v) is 11.2. The van der Waals surface area contributed by atoms with Crippen molar-refractivity contribution >= 4 is 11.9 Å². The summed E-state index contributed by atoms with van der Waals surface area (Å²) in [5, 5.41) is 0. The fraction of sp³-hybridized carbons (Fsp3) is 0.167. The molecule has 19 heavy (non-hydrogen) atoms. The topological polar surface area (TPSA) is 17.1 Å². The number of rotatable bonds is 5. The van der Waals surface area contributed by atoms with Gasteiger partial charge in [-0.15, -0.1) is 0 Å². The summed E-state index contributed by atoms with van der Waals surface area (Å²) in [7, 11) is 0. The van der Waals surface area contributed by atoms with Crippen LogP contribution in [0.2, 0.25) is 0 Å². The summed E-state index contributed by atoms with van der Waals surface area (Å²) in [4.78, 5) is 12.1. The normalized spacial score (nSPS) is 10.8. The molecule has 0 aliphatic heterocycles. The first-order valence-electron chi connectivity index (χ1n) is 6.56. The Balaban J connectivity index is 2.07.